The Morgan fingerprint density at radius 3 is 2.30 bits per heavy atom. The van der Waals surface area contributed by atoms with Crippen LogP contribution in [0.2, 0.25) is 0 Å². The van der Waals surface area contributed by atoms with Crippen LogP contribution in [0.4, 0.5) is 4.79 Å². The molecule has 9 heteroatoms. The fraction of sp³-hybridized carbons (Fsp3) is 0.429. The van der Waals surface area contributed by atoms with Gasteiger partial charge in [-0.2, -0.15) is 0 Å². The lowest BCUT2D eigenvalue weighted by atomic mass is 10.1. The van der Waals surface area contributed by atoms with Crippen molar-refractivity contribution in [3.05, 3.63) is 40.3 Å². The third-order valence-electron chi connectivity index (χ3n) is 3.92. The van der Waals surface area contributed by atoms with Gasteiger partial charge in [0, 0.05) is 18.7 Å². The number of hydrogen-bond donors (Lipinski definition) is 3. The standard InChI is InChI=1S/C21H27N3O4S2/c1-21(2,3)28-19(27)23-12-6-4-5-11-22-17(25)15-9-7-14(8-10-15)13-16-18(26)24-20(29)30-16/h7-10,13H,4-6,11-12H2,1-3H3,(H,22,25)(H,23,27)(H,24,26,29)/b16-13-. The van der Waals surface area contributed by atoms with Gasteiger partial charge < -0.3 is 20.7 Å². The SMILES string of the molecule is CC(C)(C)OC(=O)NCCCCCNC(=O)c1ccc(/C=C2\SC(=S)NC2=O)cc1. The van der Waals surface area contributed by atoms with E-state index in [1.54, 1.807) is 30.3 Å². The first kappa shape index (κ1) is 23.9. The Labute approximate surface area is 186 Å². The van der Waals surface area contributed by atoms with Crippen molar-refractivity contribution in [3.8, 4) is 0 Å². The molecule has 7 nitrogen and oxygen atoms in total. The van der Waals surface area contributed by atoms with Crippen molar-refractivity contribution in [2.45, 2.75) is 45.6 Å². The Bertz CT molecular complexity index is 830. The van der Waals surface area contributed by atoms with Gasteiger partial charge in [-0.3, -0.25) is 9.59 Å². The zero-order valence-electron chi connectivity index (χ0n) is 17.4. The van der Waals surface area contributed by atoms with E-state index in [1.807, 2.05) is 20.8 Å². The van der Waals surface area contributed by atoms with E-state index in [2.05, 4.69) is 16.0 Å². The van der Waals surface area contributed by atoms with Crippen LogP contribution in [0.15, 0.2) is 29.2 Å². The third-order valence-corrected chi connectivity index (χ3v) is 5.08. The fourth-order valence-corrected chi connectivity index (χ4v) is 3.58. The lowest BCUT2D eigenvalue weighted by Gasteiger charge is -2.19. The van der Waals surface area contributed by atoms with Crippen LogP contribution in [0, 0.1) is 0 Å². The normalized spacial score (nSPS) is 15.1. The first-order chi connectivity index (χ1) is 14.1. The van der Waals surface area contributed by atoms with Crippen molar-refractivity contribution in [1.82, 2.24) is 16.0 Å². The third kappa shape index (κ3) is 8.54. The second-order valence-corrected chi connectivity index (χ2v) is 9.44. The van der Waals surface area contributed by atoms with Gasteiger partial charge in [0.15, 0.2) is 0 Å². The summed E-state index contributed by atoms with van der Waals surface area (Å²) in [6.07, 6.45) is 3.84. The van der Waals surface area contributed by atoms with Gasteiger partial charge in [0.05, 0.1) is 4.91 Å². The van der Waals surface area contributed by atoms with Gasteiger partial charge in [0.2, 0.25) is 0 Å². The molecule has 0 unspecified atom stereocenters. The van der Waals surface area contributed by atoms with Gasteiger partial charge in [0.25, 0.3) is 11.8 Å². The number of amides is 3. The molecule has 0 aromatic heterocycles. The van der Waals surface area contributed by atoms with E-state index in [1.165, 1.54) is 11.8 Å². The Balaban J connectivity index is 1.65. The molecule has 0 aliphatic carbocycles. The maximum Gasteiger partial charge on any atom is 0.407 e. The smallest absolute Gasteiger partial charge is 0.407 e. The number of hydrogen-bond acceptors (Lipinski definition) is 6. The highest BCUT2D eigenvalue weighted by Gasteiger charge is 2.21. The first-order valence-corrected chi connectivity index (χ1v) is 11.0. The molecule has 0 radical (unpaired) electrons. The van der Waals surface area contributed by atoms with Gasteiger partial charge >= 0.3 is 6.09 Å². The highest BCUT2D eigenvalue weighted by Crippen LogP contribution is 2.25. The minimum Gasteiger partial charge on any atom is -0.444 e. The number of thiocarbonyl (C=S) groups is 1. The quantitative estimate of drug-likeness (QED) is 0.319. The van der Waals surface area contributed by atoms with Gasteiger partial charge in [-0.25, -0.2) is 4.79 Å². The summed E-state index contributed by atoms with van der Waals surface area (Å²) in [6.45, 7) is 6.57. The number of unbranched alkanes of at least 4 members (excludes halogenated alkanes) is 2. The molecule has 0 spiro atoms. The molecule has 1 aliphatic heterocycles. The summed E-state index contributed by atoms with van der Waals surface area (Å²) < 4.78 is 5.61. The number of nitrogens with one attached hydrogen (secondary N) is 3. The molecule has 0 atom stereocenters. The first-order valence-electron chi connectivity index (χ1n) is 9.74. The highest BCUT2D eigenvalue weighted by molar-refractivity contribution is 8.26. The summed E-state index contributed by atoms with van der Waals surface area (Å²) in [4.78, 5) is 36.0. The van der Waals surface area contributed by atoms with Gasteiger partial charge in [-0.15, -0.1) is 0 Å². The predicted molar refractivity (Wildman–Crippen MR) is 123 cm³/mol. The van der Waals surface area contributed by atoms with Crippen LogP contribution < -0.4 is 16.0 Å². The summed E-state index contributed by atoms with van der Waals surface area (Å²) in [5.41, 5.74) is 0.884. The maximum absolute atomic E-state index is 12.2. The number of alkyl carbamates (subject to hydrolysis) is 1. The van der Waals surface area contributed by atoms with Crippen LogP contribution in [0.1, 0.15) is 56.0 Å². The summed E-state index contributed by atoms with van der Waals surface area (Å²) in [7, 11) is 0. The Hall–Kier alpha value is -2.39. The van der Waals surface area contributed by atoms with Gasteiger partial charge in [0.1, 0.15) is 9.92 Å². The van der Waals surface area contributed by atoms with Crippen molar-refractivity contribution >= 4 is 52.3 Å². The zero-order chi connectivity index (χ0) is 22.1. The molecule has 30 heavy (non-hydrogen) atoms. The van der Waals surface area contributed by atoms with Crippen molar-refractivity contribution in [2.75, 3.05) is 13.1 Å². The lowest BCUT2D eigenvalue weighted by molar-refractivity contribution is -0.115. The van der Waals surface area contributed by atoms with E-state index < -0.39 is 11.7 Å². The minimum absolute atomic E-state index is 0.143. The molecular formula is C21H27N3O4S2. The molecule has 0 saturated carbocycles. The van der Waals surface area contributed by atoms with Crippen molar-refractivity contribution < 1.29 is 19.1 Å². The second kappa shape index (κ2) is 11.1. The molecule has 1 aliphatic rings. The molecule has 162 valence electrons. The molecule has 3 amide bonds. The minimum atomic E-state index is -0.499. The van der Waals surface area contributed by atoms with E-state index in [-0.39, 0.29) is 11.8 Å². The Morgan fingerprint density at radius 2 is 1.73 bits per heavy atom. The second-order valence-electron chi connectivity index (χ2n) is 7.72. The Morgan fingerprint density at radius 1 is 1.10 bits per heavy atom. The summed E-state index contributed by atoms with van der Waals surface area (Å²) >= 11 is 6.19. The summed E-state index contributed by atoms with van der Waals surface area (Å²) in [5.74, 6) is -0.344. The summed E-state index contributed by atoms with van der Waals surface area (Å²) in [6, 6.07) is 7.03. The summed E-state index contributed by atoms with van der Waals surface area (Å²) in [5, 5.41) is 8.17. The van der Waals surface area contributed by atoms with Crippen molar-refractivity contribution in [3.63, 3.8) is 0 Å². The molecule has 2 rings (SSSR count). The van der Waals surface area contributed by atoms with Crippen LogP contribution in [-0.4, -0.2) is 40.9 Å². The Kier molecular flexibility index (Phi) is 8.86. The molecule has 1 heterocycles. The average Bonchev–Trinajstić information content (AvgIpc) is 2.96. The number of rotatable bonds is 8. The van der Waals surface area contributed by atoms with E-state index in [9.17, 15) is 14.4 Å². The number of carbonyl (C=O) groups is 3. The number of ether oxygens (including phenoxy) is 1. The highest BCUT2D eigenvalue weighted by atomic mass is 32.2. The van der Waals surface area contributed by atoms with Crippen molar-refractivity contribution in [2.24, 2.45) is 0 Å². The van der Waals surface area contributed by atoms with Crippen LogP contribution in [-0.2, 0) is 9.53 Å². The van der Waals surface area contributed by atoms with Gasteiger partial charge in [-0.1, -0.05) is 36.1 Å². The van der Waals surface area contributed by atoms with Gasteiger partial charge in [-0.05, 0) is 63.8 Å². The van der Waals surface area contributed by atoms with E-state index >= 15 is 0 Å². The lowest BCUT2D eigenvalue weighted by Crippen LogP contribution is -2.33. The molecule has 1 saturated heterocycles. The molecule has 3 N–H and O–H groups in total. The average molecular weight is 450 g/mol. The molecule has 1 aromatic carbocycles. The van der Waals surface area contributed by atoms with Crippen LogP contribution in [0.3, 0.4) is 0 Å². The van der Waals surface area contributed by atoms with Crippen molar-refractivity contribution in [1.29, 1.82) is 0 Å². The fourth-order valence-electron chi connectivity index (χ4n) is 2.54. The van der Waals surface area contributed by atoms with Crippen LogP contribution >= 0.6 is 24.0 Å². The topological polar surface area (TPSA) is 96.5 Å². The number of carbonyl (C=O) groups excluding carboxylic acids is 3. The van der Waals surface area contributed by atoms with Crippen LogP contribution in [0.25, 0.3) is 6.08 Å². The predicted octanol–water partition coefficient (Wildman–Crippen LogP) is 3.60. The molecule has 1 fully saturated rings. The van der Waals surface area contributed by atoms with Crippen LogP contribution in [0.5, 0.6) is 0 Å². The largest absolute Gasteiger partial charge is 0.444 e. The molecule has 1 aromatic rings. The van der Waals surface area contributed by atoms with E-state index in [4.69, 9.17) is 17.0 Å². The molecular weight excluding hydrogens is 422 g/mol. The number of benzene rings is 1. The monoisotopic (exact) mass is 449 g/mol. The van der Waals surface area contributed by atoms with E-state index in [0.717, 1.165) is 24.8 Å². The maximum atomic E-state index is 12.2. The number of thioether (sulfide) groups is 1. The molecule has 0 bridgehead atoms. The van der Waals surface area contributed by atoms with E-state index in [0.29, 0.717) is 27.9 Å². The zero-order valence-corrected chi connectivity index (χ0v) is 19.0.